The monoisotopic (exact) mass is 236 g/mol. The lowest BCUT2D eigenvalue weighted by molar-refractivity contribution is 0.0696. The van der Waals surface area contributed by atoms with E-state index in [0.29, 0.717) is 0 Å². The molecule has 0 amide bonds. The molecule has 5 nitrogen and oxygen atoms in total. The van der Waals surface area contributed by atoms with Gasteiger partial charge in [0.1, 0.15) is 5.82 Å². The quantitative estimate of drug-likeness (QED) is 0.859. The Morgan fingerprint density at radius 3 is 3.00 bits per heavy atom. The number of aromatic carboxylic acids is 1. The van der Waals surface area contributed by atoms with Crippen molar-refractivity contribution in [3.63, 3.8) is 0 Å². The molecule has 17 heavy (non-hydrogen) atoms. The van der Waals surface area contributed by atoms with Crippen LogP contribution >= 0.6 is 0 Å². The second-order valence-electron chi connectivity index (χ2n) is 4.16. The first kappa shape index (κ1) is 11.9. The second kappa shape index (κ2) is 5.14. The first-order valence-electron chi connectivity index (χ1n) is 5.68. The van der Waals surface area contributed by atoms with Gasteiger partial charge in [0, 0.05) is 26.4 Å². The molecular formula is C12H16N2O3. The van der Waals surface area contributed by atoms with Crippen molar-refractivity contribution < 1.29 is 14.6 Å². The van der Waals surface area contributed by atoms with Gasteiger partial charge in [0.05, 0.1) is 11.7 Å². The molecule has 0 saturated carbocycles. The molecule has 0 aromatic carbocycles. The molecule has 1 aliphatic rings. The van der Waals surface area contributed by atoms with E-state index in [1.54, 1.807) is 19.2 Å². The zero-order valence-corrected chi connectivity index (χ0v) is 9.80. The molecule has 1 atom stereocenters. The largest absolute Gasteiger partial charge is 0.478 e. The van der Waals surface area contributed by atoms with Gasteiger partial charge < -0.3 is 14.7 Å². The number of rotatable bonds is 3. The lowest BCUT2D eigenvalue weighted by atomic mass is 10.1. The van der Waals surface area contributed by atoms with Gasteiger partial charge in [0.25, 0.3) is 0 Å². The second-order valence-corrected chi connectivity index (χ2v) is 4.16. The van der Waals surface area contributed by atoms with Crippen molar-refractivity contribution in [1.82, 2.24) is 4.98 Å². The van der Waals surface area contributed by atoms with E-state index in [4.69, 9.17) is 9.84 Å². The molecule has 0 bridgehead atoms. The van der Waals surface area contributed by atoms with Gasteiger partial charge in [-0.2, -0.15) is 0 Å². The first-order valence-corrected chi connectivity index (χ1v) is 5.68. The van der Waals surface area contributed by atoms with Crippen molar-refractivity contribution in [3.8, 4) is 0 Å². The minimum absolute atomic E-state index is 0.217. The number of hydrogen-bond acceptors (Lipinski definition) is 4. The van der Waals surface area contributed by atoms with Crippen molar-refractivity contribution in [1.29, 1.82) is 0 Å². The molecule has 1 aromatic heterocycles. The van der Waals surface area contributed by atoms with Crippen molar-refractivity contribution in [3.05, 3.63) is 23.9 Å². The summed E-state index contributed by atoms with van der Waals surface area (Å²) in [5, 5.41) is 8.79. The van der Waals surface area contributed by atoms with E-state index in [9.17, 15) is 4.79 Å². The zero-order chi connectivity index (χ0) is 12.3. The van der Waals surface area contributed by atoms with Crippen LogP contribution in [0, 0.1) is 0 Å². The van der Waals surface area contributed by atoms with Crippen LogP contribution in [-0.4, -0.2) is 42.4 Å². The Balaban J connectivity index is 2.08. The highest BCUT2D eigenvalue weighted by atomic mass is 16.5. The van der Waals surface area contributed by atoms with Crippen LogP contribution in [0.1, 0.15) is 23.2 Å². The average molecular weight is 236 g/mol. The molecule has 2 heterocycles. The van der Waals surface area contributed by atoms with Gasteiger partial charge in [0.2, 0.25) is 0 Å². The average Bonchev–Trinajstić information content (AvgIpc) is 2.39. The van der Waals surface area contributed by atoms with Crippen LogP contribution in [0.3, 0.4) is 0 Å². The Labute approximate surface area is 100 Å². The molecule has 0 aliphatic carbocycles. The van der Waals surface area contributed by atoms with E-state index in [0.717, 1.165) is 31.7 Å². The highest BCUT2D eigenvalue weighted by molar-refractivity contribution is 5.87. The number of carboxylic acid groups (broad SMARTS) is 1. The molecule has 1 aliphatic heterocycles. The van der Waals surface area contributed by atoms with Crippen LogP contribution in [0.25, 0.3) is 0 Å². The summed E-state index contributed by atoms with van der Waals surface area (Å²) in [5.74, 6) is -0.130. The number of methoxy groups -OCH3 is 1. The number of aromatic nitrogens is 1. The highest BCUT2D eigenvalue weighted by Gasteiger charge is 2.20. The van der Waals surface area contributed by atoms with E-state index in [-0.39, 0.29) is 11.7 Å². The van der Waals surface area contributed by atoms with E-state index in [1.807, 2.05) is 0 Å². The zero-order valence-electron chi connectivity index (χ0n) is 9.80. The molecule has 1 N–H and O–H groups in total. The number of carboxylic acids is 1. The van der Waals surface area contributed by atoms with Crippen molar-refractivity contribution in [2.45, 2.75) is 18.9 Å². The Hall–Kier alpha value is -1.62. The fraction of sp³-hybridized carbons (Fsp3) is 0.500. The Bertz CT molecular complexity index is 391. The third-order valence-corrected chi connectivity index (χ3v) is 3.03. The molecule has 1 unspecified atom stereocenters. The molecule has 92 valence electrons. The number of hydrogen-bond donors (Lipinski definition) is 1. The molecule has 2 rings (SSSR count). The van der Waals surface area contributed by atoms with Crippen molar-refractivity contribution >= 4 is 11.8 Å². The summed E-state index contributed by atoms with van der Waals surface area (Å²) in [6.07, 6.45) is 3.78. The van der Waals surface area contributed by atoms with Gasteiger partial charge >= 0.3 is 5.97 Å². The van der Waals surface area contributed by atoms with Gasteiger partial charge in [-0.3, -0.25) is 0 Å². The number of pyridine rings is 1. The highest BCUT2D eigenvalue weighted by Crippen LogP contribution is 2.19. The number of piperidine rings is 1. The summed E-state index contributed by atoms with van der Waals surface area (Å²) < 4.78 is 5.34. The minimum Gasteiger partial charge on any atom is -0.478 e. The Kier molecular flexibility index (Phi) is 3.58. The minimum atomic E-state index is -0.947. The third kappa shape index (κ3) is 2.74. The molecule has 0 radical (unpaired) electrons. The maximum atomic E-state index is 10.7. The predicted octanol–water partition coefficient (Wildman–Crippen LogP) is 1.40. The SMILES string of the molecule is COC1CCCN(c2ccc(C(=O)O)cn2)C1. The Morgan fingerprint density at radius 2 is 2.41 bits per heavy atom. The summed E-state index contributed by atoms with van der Waals surface area (Å²) in [5.41, 5.74) is 0.217. The number of nitrogens with zero attached hydrogens (tertiary/aromatic N) is 2. The third-order valence-electron chi connectivity index (χ3n) is 3.03. The van der Waals surface area contributed by atoms with Crippen molar-refractivity contribution in [2.24, 2.45) is 0 Å². The molecule has 1 aromatic rings. The van der Waals surface area contributed by atoms with Crippen LogP contribution in [-0.2, 0) is 4.74 Å². The summed E-state index contributed by atoms with van der Waals surface area (Å²) in [4.78, 5) is 17.0. The van der Waals surface area contributed by atoms with Gasteiger partial charge in [-0.1, -0.05) is 0 Å². The van der Waals surface area contributed by atoms with Crippen LogP contribution in [0.15, 0.2) is 18.3 Å². The number of ether oxygens (including phenoxy) is 1. The van der Waals surface area contributed by atoms with Gasteiger partial charge in [-0.15, -0.1) is 0 Å². The van der Waals surface area contributed by atoms with E-state index >= 15 is 0 Å². The first-order chi connectivity index (χ1) is 8.20. The lowest BCUT2D eigenvalue weighted by Gasteiger charge is -2.32. The van der Waals surface area contributed by atoms with Crippen LogP contribution < -0.4 is 4.90 Å². The normalized spacial score (nSPS) is 20.3. The predicted molar refractivity (Wildman–Crippen MR) is 63.4 cm³/mol. The molecule has 0 spiro atoms. The fourth-order valence-electron chi connectivity index (χ4n) is 2.04. The summed E-state index contributed by atoms with van der Waals surface area (Å²) in [7, 11) is 1.72. The summed E-state index contributed by atoms with van der Waals surface area (Å²) in [6.45, 7) is 1.76. The maximum absolute atomic E-state index is 10.7. The molecule has 1 saturated heterocycles. The van der Waals surface area contributed by atoms with Crippen LogP contribution in [0.5, 0.6) is 0 Å². The maximum Gasteiger partial charge on any atom is 0.337 e. The van der Waals surface area contributed by atoms with Crippen LogP contribution in [0.2, 0.25) is 0 Å². The lowest BCUT2D eigenvalue weighted by Crippen LogP contribution is -2.39. The standard InChI is InChI=1S/C12H16N2O3/c1-17-10-3-2-6-14(8-10)11-5-4-9(7-13-11)12(15)16/h4-5,7,10H,2-3,6,8H2,1H3,(H,15,16). The molecule has 1 fully saturated rings. The summed E-state index contributed by atoms with van der Waals surface area (Å²) >= 11 is 0. The molecule has 5 heteroatoms. The van der Waals surface area contributed by atoms with Gasteiger partial charge in [-0.05, 0) is 25.0 Å². The summed E-state index contributed by atoms with van der Waals surface area (Å²) in [6, 6.07) is 3.34. The number of carbonyl (C=O) groups is 1. The topological polar surface area (TPSA) is 62.7 Å². The molecular weight excluding hydrogens is 220 g/mol. The Morgan fingerprint density at radius 1 is 1.59 bits per heavy atom. The van der Waals surface area contributed by atoms with Crippen LogP contribution in [0.4, 0.5) is 5.82 Å². The van der Waals surface area contributed by atoms with Gasteiger partial charge in [-0.25, -0.2) is 9.78 Å². The van der Waals surface area contributed by atoms with E-state index in [1.165, 1.54) is 6.20 Å². The smallest absolute Gasteiger partial charge is 0.337 e. The van der Waals surface area contributed by atoms with E-state index in [2.05, 4.69) is 9.88 Å². The van der Waals surface area contributed by atoms with Gasteiger partial charge in [0.15, 0.2) is 0 Å². The van der Waals surface area contributed by atoms with E-state index < -0.39 is 5.97 Å². The number of anilines is 1. The van der Waals surface area contributed by atoms with Crippen molar-refractivity contribution in [2.75, 3.05) is 25.1 Å². The fourth-order valence-corrected chi connectivity index (χ4v) is 2.04.